The highest BCUT2D eigenvalue weighted by atomic mass is 16.7. The van der Waals surface area contributed by atoms with E-state index in [9.17, 15) is 20.1 Å². The molecule has 0 aromatic rings. The van der Waals surface area contributed by atoms with E-state index in [0.717, 1.165) is 38.5 Å². The Labute approximate surface area is 309 Å². The molecule has 0 aromatic carbocycles. The number of morpholine rings is 1. The fourth-order valence-electron chi connectivity index (χ4n) is 14.4. The second kappa shape index (κ2) is 13.5. The Morgan fingerprint density at radius 2 is 1.67 bits per heavy atom. The van der Waals surface area contributed by atoms with Gasteiger partial charge in [-0.25, -0.2) is 0 Å². The van der Waals surface area contributed by atoms with Gasteiger partial charge in [0.1, 0.15) is 6.10 Å². The first-order valence-electron chi connectivity index (χ1n) is 21.2. The molecule has 2 spiro atoms. The molecular formula is C43H73NO7. The molecule has 0 aromatic heterocycles. The smallest absolute Gasteiger partial charge is 0.223 e. The molecule has 4 unspecified atom stereocenters. The lowest BCUT2D eigenvalue weighted by Crippen LogP contribution is -2.60. The molecule has 6 aliphatic carbocycles. The number of fused-ring (bicyclic) bond motifs is 2. The predicted molar refractivity (Wildman–Crippen MR) is 198 cm³/mol. The maximum Gasteiger partial charge on any atom is 0.223 e. The zero-order valence-corrected chi connectivity index (χ0v) is 33.4. The molecule has 13 atom stereocenters. The van der Waals surface area contributed by atoms with Gasteiger partial charge in [-0.1, -0.05) is 67.2 Å². The Morgan fingerprint density at radius 3 is 2.35 bits per heavy atom. The lowest BCUT2D eigenvalue weighted by Gasteiger charge is -2.63. The summed E-state index contributed by atoms with van der Waals surface area (Å²) < 4.78 is 19.7. The molecule has 7 aliphatic rings. The van der Waals surface area contributed by atoms with Crippen LogP contribution in [-0.4, -0.2) is 88.7 Å². The van der Waals surface area contributed by atoms with Gasteiger partial charge in [0.25, 0.3) is 0 Å². The highest BCUT2D eigenvalue weighted by molar-refractivity contribution is 5.76. The number of carbonyl (C=O) groups excluding carboxylic acids is 1. The summed E-state index contributed by atoms with van der Waals surface area (Å²) in [5, 5.41) is 33.8. The zero-order valence-electron chi connectivity index (χ0n) is 33.4. The molecule has 1 heterocycles. The van der Waals surface area contributed by atoms with Crippen LogP contribution in [0.5, 0.6) is 0 Å². The molecule has 0 radical (unpaired) electrons. The maximum atomic E-state index is 13.3. The van der Waals surface area contributed by atoms with E-state index in [1.165, 1.54) is 44.9 Å². The third-order valence-corrected chi connectivity index (χ3v) is 17.6. The fourth-order valence-corrected chi connectivity index (χ4v) is 14.4. The summed E-state index contributed by atoms with van der Waals surface area (Å²) in [6, 6.07) is 0. The molecule has 8 nitrogen and oxygen atoms in total. The van der Waals surface area contributed by atoms with E-state index in [4.69, 9.17) is 14.2 Å². The molecule has 7 fully saturated rings. The molecule has 7 rings (SSSR count). The van der Waals surface area contributed by atoms with E-state index >= 15 is 0 Å². The first-order chi connectivity index (χ1) is 24.0. The number of rotatable bonds is 10. The van der Waals surface area contributed by atoms with Gasteiger partial charge in [-0.3, -0.25) is 4.79 Å². The normalized spacial score (nSPS) is 46.3. The van der Waals surface area contributed by atoms with Gasteiger partial charge in [-0.15, -0.1) is 0 Å². The molecule has 51 heavy (non-hydrogen) atoms. The van der Waals surface area contributed by atoms with Gasteiger partial charge in [0.05, 0.1) is 43.7 Å². The van der Waals surface area contributed by atoms with Crippen LogP contribution in [0, 0.1) is 56.7 Å². The van der Waals surface area contributed by atoms with Crippen molar-refractivity contribution in [2.24, 2.45) is 56.7 Å². The first-order valence-corrected chi connectivity index (χ1v) is 21.2. The van der Waals surface area contributed by atoms with E-state index in [2.05, 4.69) is 41.5 Å². The summed E-state index contributed by atoms with van der Waals surface area (Å²) in [4.78, 5) is 15.3. The van der Waals surface area contributed by atoms with E-state index < -0.39 is 17.8 Å². The summed E-state index contributed by atoms with van der Waals surface area (Å²) in [7, 11) is 0. The van der Waals surface area contributed by atoms with Crippen molar-refractivity contribution in [2.45, 2.75) is 182 Å². The number of ether oxygens (including phenoxy) is 3. The van der Waals surface area contributed by atoms with Crippen LogP contribution in [-0.2, 0) is 19.0 Å². The highest BCUT2D eigenvalue weighted by Gasteiger charge is 2.84. The summed E-state index contributed by atoms with van der Waals surface area (Å²) >= 11 is 0. The molecular weight excluding hydrogens is 642 g/mol. The molecule has 1 amide bonds. The summed E-state index contributed by atoms with van der Waals surface area (Å²) in [6.45, 7) is 19.3. The number of carbonyl (C=O) groups is 1. The Kier molecular flexibility index (Phi) is 10.2. The van der Waals surface area contributed by atoms with Crippen LogP contribution in [0.3, 0.4) is 0 Å². The second-order valence-corrected chi connectivity index (χ2v) is 20.5. The fraction of sp³-hybridized carbons (Fsp3) is 0.977. The Balaban J connectivity index is 1.06. The van der Waals surface area contributed by atoms with Crippen LogP contribution in [0.15, 0.2) is 0 Å². The number of amides is 1. The first kappa shape index (κ1) is 38.5. The van der Waals surface area contributed by atoms with Crippen LogP contribution in [0.1, 0.15) is 145 Å². The van der Waals surface area contributed by atoms with E-state index in [1.807, 2.05) is 4.90 Å². The molecule has 0 bridgehead atoms. The van der Waals surface area contributed by atoms with Crippen LogP contribution < -0.4 is 0 Å². The largest absolute Gasteiger partial charge is 0.390 e. The van der Waals surface area contributed by atoms with Gasteiger partial charge in [-0.05, 0) is 123 Å². The number of nitrogens with zero attached hydrogens (tertiary/aromatic N) is 1. The van der Waals surface area contributed by atoms with Gasteiger partial charge in [0.2, 0.25) is 5.91 Å². The van der Waals surface area contributed by atoms with Crippen LogP contribution in [0.2, 0.25) is 0 Å². The van der Waals surface area contributed by atoms with Crippen molar-refractivity contribution in [1.82, 2.24) is 4.90 Å². The molecule has 3 N–H and O–H groups in total. The Hall–Kier alpha value is -0.770. The van der Waals surface area contributed by atoms with Crippen LogP contribution >= 0.6 is 0 Å². The Bertz CT molecular complexity index is 1280. The molecule has 292 valence electrons. The number of hydrogen-bond donors (Lipinski definition) is 3. The van der Waals surface area contributed by atoms with Gasteiger partial charge in [0.15, 0.2) is 6.29 Å². The zero-order chi connectivity index (χ0) is 36.8. The lowest BCUT2D eigenvalue weighted by molar-refractivity contribution is -0.248. The van der Waals surface area contributed by atoms with Crippen molar-refractivity contribution >= 4 is 5.91 Å². The molecule has 6 saturated carbocycles. The average Bonchev–Trinajstić information content (AvgIpc) is 3.72. The number of aliphatic hydroxyl groups is 3. The Morgan fingerprint density at radius 1 is 0.980 bits per heavy atom. The summed E-state index contributed by atoms with van der Waals surface area (Å²) in [5.74, 6) is 2.36. The predicted octanol–water partition coefficient (Wildman–Crippen LogP) is 7.11. The van der Waals surface area contributed by atoms with Gasteiger partial charge >= 0.3 is 0 Å². The van der Waals surface area contributed by atoms with Crippen molar-refractivity contribution in [3.8, 4) is 0 Å². The monoisotopic (exact) mass is 716 g/mol. The number of hydrogen-bond acceptors (Lipinski definition) is 7. The second-order valence-electron chi connectivity index (χ2n) is 20.5. The van der Waals surface area contributed by atoms with E-state index in [-0.39, 0.29) is 64.0 Å². The van der Waals surface area contributed by atoms with Crippen molar-refractivity contribution in [2.75, 3.05) is 26.3 Å². The molecule has 1 saturated heterocycles. The van der Waals surface area contributed by atoms with Gasteiger partial charge in [-0.2, -0.15) is 0 Å². The van der Waals surface area contributed by atoms with Crippen molar-refractivity contribution in [3.63, 3.8) is 0 Å². The average molecular weight is 716 g/mol. The number of aliphatic hydroxyl groups excluding tert-OH is 2. The van der Waals surface area contributed by atoms with E-state index in [1.54, 1.807) is 13.8 Å². The highest BCUT2D eigenvalue weighted by Crippen LogP contribution is 2.89. The topological polar surface area (TPSA) is 109 Å². The van der Waals surface area contributed by atoms with Crippen molar-refractivity contribution < 1.29 is 34.3 Å². The third kappa shape index (κ3) is 5.92. The summed E-state index contributed by atoms with van der Waals surface area (Å²) in [5.41, 5.74) is -1.13. The van der Waals surface area contributed by atoms with Gasteiger partial charge in [0, 0.05) is 18.4 Å². The maximum absolute atomic E-state index is 13.3. The minimum absolute atomic E-state index is 0.0153. The quantitative estimate of drug-likeness (QED) is 0.221. The van der Waals surface area contributed by atoms with Crippen LogP contribution in [0.4, 0.5) is 0 Å². The lowest BCUT2D eigenvalue weighted by atomic mass is 9.41. The van der Waals surface area contributed by atoms with Crippen molar-refractivity contribution in [1.29, 1.82) is 0 Å². The SMILES string of the molecule is CC[C@@H](C)C1C(OC[C@H](O)C(C)(C)O)[C@H](O)[C@@]2(C)[C@@H]3CC[C@H]4C(C)(C)[C@@H](OC5CN(C(=O)CC6CCCCC6)CCO5)CC[C@@]45CC35CC[C@]12C. The van der Waals surface area contributed by atoms with Crippen molar-refractivity contribution in [3.05, 3.63) is 0 Å². The molecule has 8 heteroatoms. The minimum atomic E-state index is -1.26. The van der Waals surface area contributed by atoms with Crippen LogP contribution in [0.25, 0.3) is 0 Å². The minimum Gasteiger partial charge on any atom is -0.390 e. The molecule has 1 aliphatic heterocycles. The summed E-state index contributed by atoms with van der Waals surface area (Å²) in [6.07, 6.45) is 13.6. The van der Waals surface area contributed by atoms with E-state index in [0.29, 0.717) is 49.8 Å². The van der Waals surface area contributed by atoms with Gasteiger partial charge < -0.3 is 34.4 Å². The standard InChI is InChI=1S/C43H73NO7/c1-9-27(2)35-36(50-25-31(45)39(5,6)48)37(47)41(8)30-16-15-29-38(3,4)32(17-18-42(29)26-43(30,42)20-19-40(35,41)7)51-34-24-44(21-22-49-34)33(46)23-28-13-11-10-12-14-28/h27-32,34-37,45,47-48H,9-26H2,1-8H3/t27-,29+,30+,31+,32+,34?,35?,36?,37+,40-,41-,42-,43?/m1/s1. The third-order valence-electron chi connectivity index (χ3n) is 17.6.